The minimum atomic E-state index is -0.853. The van der Waals surface area contributed by atoms with E-state index in [1.807, 2.05) is 36.4 Å². The molecule has 14 nitrogen and oxygen atoms in total. The molecule has 4 aromatic rings. The maximum Gasteiger partial charge on any atom is 0.392 e. The molecule has 45 heavy (non-hydrogen) atoms. The molecule has 0 aliphatic heterocycles. The van der Waals surface area contributed by atoms with Crippen LogP contribution in [-0.2, 0) is 16.1 Å². The number of esters is 1. The van der Waals surface area contributed by atoms with E-state index in [-0.39, 0.29) is 41.9 Å². The quantitative estimate of drug-likeness (QED) is 0.111. The van der Waals surface area contributed by atoms with Gasteiger partial charge in [-0.05, 0) is 42.8 Å². The van der Waals surface area contributed by atoms with E-state index in [0.717, 1.165) is 5.56 Å². The van der Waals surface area contributed by atoms with Crippen molar-refractivity contribution in [2.75, 3.05) is 27.3 Å². The molecule has 14 heteroatoms. The van der Waals surface area contributed by atoms with Gasteiger partial charge in [-0.1, -0.05) is 36.4 Å². The number of rotatable bonds is 13. The topological polar surface area (TPSA) is 176 Å². The van der Waals surface area contributed by atoms with E-state index in [1.165, 1.54) is 35.2 Å². The lowest BCUT2D eigenvalue weighted by Crippen LogP contribution is -2.21. The summed E-state index contributed by atoms with van der Waals surface area (Å²) in [5.41, 5.74) is 0.468. The van der Waals surface area contributed by atoms with E-state index in [4.69, 9.17) is 23.7 Å². The van der Waals surface area contributed by atoms with Crippen molar-refractivity contribution in [2.45, 2.75) is 13.5 Å². The molecule has 0 aliphatic carbocycles. The first-order chi connectivity index (χ1) is 21.7. The molecule has 0 fully saturated rings. The number of benzene rings is 3. The van der Waals surface area contributed by atoms with Gasteiger partial charge in [-0.2, -0.15) is 15.2 Å². The maximum atomic E-state index is 12.5. The van der Waals surface area contributed by atoms with Crippen LogP contribution in [0, 0.1) is 21.4 Å². The van der Waals surface area contributed by atoms with E-state index in [1.54, 1.807) is 33.2 Å². The van der Waals surface area contributed by atoms with Gasteiger partial charge in [0.15, 0.2) is 18.1 Å². The highest BCUT2D eigenvalue weighted by Crippen LogP contribution is 2.41. The number of carbonyl (C=O) groups is 2. The summed E-state index contributed by atoms with van der Waals surface area (Å²) in [6.45, 7) is 1.05. The van der Waals surface area contributed by atoms with Crippen LogP contribution < -0.4 is 18.9 Å². The lowest BCUT2D eigenvalue weighted by molar-refractivity contribution is -0.387. The molecule has 230 valence electrons. The van der Waals surface area contributed by atoms with Crippen LogP contribution in [0.4, 0.5) is 5.69 Å². The van der Waals surface area contributed by atoms with Crippen molar-refractivity contribution >= 4 is 17.6 Å². The maximum absolute atomic E-state index is 12.5. The molecule has 0 saturated heterocycles. The van der Waals surface area contributed by atoms with Crippen molar-refractivity contribution < 1.29 is 38.2 Å². The Hall–Kier alpha value is -6.23. The summed E-state index contributed by atoms with van der Waals surface area (Å²) in [5, 5.41) is 21.8. The lowest BCUT2D eigenvalue weighted by Gasteiger charge is -2.15. The van der Waals surface area contributed by atoms with Crippen molar-refractivity contribution in [2.24, 2.45) is 0 Å². The number of nitriles is 1. The highest BCUT2D eigenvalue weighted by Gasteiger charge is 2.31. The van der Waals surface area contributed by atoms with Gasteiger partial charge in [0.2, 0.25) is 0 Å². The summed E-state index contributed by atoms with van der Waals surface area (Å²) in [6.07, 6.45) is 0. The van der Waals surface area contributed by atoms with Crippen LogP contribution >= 0.6 is 0 Å². The van der Waals surface area contributed by atoms with Crippen LogP contribution in [0.1, 0.15) is 28.4 Å². The number of hydrogen-bond acceptors (Lipinski definition) is 12. The molecule has 0 bridgehead atoms. The fourth-order valence-electron chi connectivity index (χ4n) is 3.77. The van der Waals surface area contributed by atoms with Gasteiger partial charge >= 0.3 is 29.4 Å². The molecule has 0 radical (unpaired) electrons. The summed E-state index contributed by atoms with van der Waals surface area (Å²) < 4.78 is 27.8. The van der Waals surface area contributed by atoms with E-state index in [9.17, 15) is 25.0 Å². The zero-order valence-electron chi connectivity index (χ0n) is 24.5. The fourth-order valence-corrected chi connectivity index (χ4v) is 3.77. The molecule has 1 amide bonds. The number of amides is 1. The van der Waals surface area contributed by atoms with Gasteiger partial charge < -0.3 is 28.6 Å². The van der Waals surface area contributed by atoms with Gasteiger partial charge in [0.05, 0.1) is 23.2 Å². The SMILES string of the molecule is CCOC(=O)COc1nc(Oc2cccc(C(=O)N(C)C)c2)nc(Oc2cc(C#N)ccc2OCc2ccccc2)c1[N+](=O)[O-]. The minimum absolute atomic E-state index is 0.0553. The van der Waals surface area contributed by atoms with Gasteiger partial charge in [-0.15, -0.1) is 0 Å². The highest BCUT2D eigenvalue weighted by molar-refractivity contribution is 5.94. The number of nitro groups is 1. The Bertz CT molecular complexity index is 1740. The summed E-state index contributed by atoms with van der Waals surface area (Å²) in [7, 11) is 3.18. The zero-order chi connectivity index (χ0) is 32.3. The average Bonchev–Trinajstić information content (AvgIpc) is 3.03. The van der Waals surface area contributed by atoms with Crippen LogP contribution in [0.2, 0.25) is 0 Å². The van der Waals surface area contributed by atoms with Crippen LogP contribution in [-0.4, -0.2) is 59.0 Å². The van der Waals surface area contributed by atoms with Gasteiger partial charge in [0, 0.05) is 25.7 Å². The fraction of sp³-hybridized carbons (Fsp3) is 0.194. The normalized spacial score (nSPS) is 10.3. The molecule has 3 aromatic carbocycles. The summed E-state index contributed by atoms with van der Waals surface area (Å²) in [4.78, 5) is 45.3. The first-order valence-electron chi connectivity index (χ1n) is 13.4. The molecule has 0 saturated carbocycles. The molecular formula is C31H27N5O9. The molecule has 1 aromatic heterocycles. The van der Waals surface area contributed by atoms with Crippen molar-refractivity contribution in [1.82, 2.24) is 14.9 Å². The molecule has 0 spiro atoms. The van der Waals surface area contributed by atoms with E-state index < -0.39 is 41.0 Å². The highest BCUT2D eigenvalue weighted by atomic mass is 16.6. The smallest absolute Gasteiger partial charge is 0.392 e. The first-order valence-corrected chi connectivity index (χ1v) is 13.4. The number of aromatic nitrogens is 2. The first kappa shape index (κ1) is 31.7. The van der Waals surface area contributed by atoms with Crippen molar-refractivity contribution in [1.29, 1.82) is 5.26 Å². The molecule has 0 N–H and O–H groups in total. The predicted octanol–water partition coefficient (Wildman–Crippen LogP) is 5.06. The second-order valence-electron chi connectivity index (χ2n) is 9.30. The third kappa shape index (κ3) is 8.42. The van der Waals surface area contributed by atoms with Crippen LogP contribution in [0.25, 0.3) is 0 Å². The molecular weight excluding hydrogens is 586 g/mol. The molecule has 0 aliphatic rings. The zero-order valence-corrected chi connectivity index (χ0v) is 24.5. The van der Waals surface area contributed by atoms with Crippen molar-refractivity contribution in [3.63, 3.8) is 0 Å². The Morgan fingerprint density at radius 3 is 2.38 bits per heavy atom. The van der Waals surface area contributed by atoms with Gasteiger partial charge in [-0.3, -0.25) is 14.9 Å². The summed E-state index contributed by atoms with van der Waals surface area (Å²) >= 11 is 0. The standard InChI is InChI=1S/C31H27N5O9/c1-4-41-26(37)19-43-28-27(36(39)40)29(34-31(33-28)44-23-12-8-11-22(16-23)30(38)35(2)3)45-25-15-21(17-32)13-14-24(25)42-18-20-9-6-5-7-10-20/h5-16H,4,18-19H2,1-3H3. The van der Waals surface area contributed by atoms with E-state index in [0.29, 0.717) is 5.56 Å². The van der Waals surface area contributed by atoms with Gasteiger partial charge in [0.25, 0.3) is 5.91 Å². The largest absolute Gasteiger partial charge is 0.485 e. The number of carbonyl (C=O) groups excluding carboxylic acids is 2. The predicted molar refractivity (Wildman–Crippen MR) is 157 cm³/mol. The Labute approximate surface area is 257 Å². The Morgan fingerprint density at radius 2 is 1.69 bits per heavy atom. The average molecular weight is 614 g/mol. The Balaban J connectivity index is 1.77. The van der Waals surface area contributed by atoms with Crippen LogP contribution in [0.3, 0.4) is 0 Å². The Kier molecular flexibility index (Phi) is 10.4. The summed E-state index contributed by atoms with van der Waals surface area (Å²) in [6, 6.07) is 21.1. The minimum Gasteiger partial charge on any atom is -0.485 e. The van der Waals surface area contributed by atoms with Crippen LogP contribution in [0.15, 0.2) is 72.8 Å². The third-order valence-corrected chi connectivity index (χ3v) is 5.83. The van der Waals surface area contributed by atoms with Gasteiger partial charge in [0.1, 0.15) is 12.4 Å². The Morgan fingerprint density at radius 1 is 0.933 bits per heavy atom. The van der Waals surface area contributed by atoms with E-state index >= 15 is 0 Å². The molecule has 0 atom stereocenters. The van der Waals surface area contributed by atoms with Crippen LogP contribution in [0.5, 0.6) is 35.0 Å². The number of nitrogens with zero attached hydrogens (tertiary/aromatic N) is 5. The molecule has 1 heterocycles. The molecule has 4 rings (SSSR count). The summed E-state index contributed by atoms with van der Waals surface area (Å²) in [5.74, 6) is -2.20. The number of ether oxygens (including phenoxy) is 5. The molecule has 0 unspecified atom stereocenters. The second-order valence-corrected chi connectivity index (χ2v) is 9.30. The lowest BCUT2D eigenvalue weighted by atomic mass is 10.2. The van der Waals surface area contributed by atoms with Gasteiger partial charge in [-0.25, -0.2) is 4.79 Å². The third-order valence-electron chi connectivity index (χ3n) is 5.83. The van der Waals surface area contributed by atoms with E-state index in [2.05, 4.69) is 9.97 Å². The van der Waals surface area contributed by atoms with Crippen molar-refractivity contribution in [3.8, 4) is 41.1 Å². The monoisotopic (exact) mass is 613 g/mol. The number of hydrogen-bond donors (Lipinski definition) is 0. The second kappa shape index (κ2) is 14.8. The van der Waals surface area contributed by atoms with Crippen molar-refractivity contribution in [3.05, 3.63) is 99.6 Å².